The topological polar surface area (TPSA) is 74.1 Å². The first-order chi connectivity index (χ1) is 14.2. The molecule has 1 N–H and O–H groups in total. The van der Waals surface area contributed by atoms with E-state index in [0.29, 0.717) is 16.7 Å². The Morgan fingerprint density at radius 3 is 2.31 bits per heavy atom. The molecule has 6 nitrogen and oxygen atoms in total. The zero-order valence-electron chi connectivity index (χ0n) is 15.4. The summed E-state index contributed by atoms with van der Waals surface area (Å²) >= 11 is 2.86. The van der Waals surface area contributed by atoms with Gasteiger partial charge in [0.05, 0.1) is 17.2 Å². The molecule has 2 heterocycles. The SMILES string of the molecule is O=C(CN1C(=O)CSC=C1c1ccccc1)NC1=NN=C(c2ccccc2)CS1. The molecule has 0 saturated heterocycles. The van der Waals surface area contributed by atoms with Crippen LogP contribution in [0.5, 0.6) is 0 Å². The highest BCUT2D eigenvalue weighted by atomic mass is 32.2. The zero-order valence-corrected chi connectivity index (χ0v) is 17.1. The van der Waals surface area contributed by atoms with E-state index < -0.39 is 0 Å². The van der Waals surface area contributed by atoms with Crippen molar-refractivity contribution < 1.29 is 9.59 Å². The number of benzene rings is 2. The number of amides is 2. The van der Waals surface area contributed by atoms with E-state index in [2.05, 4.69) is 15.5 Å². The summed E-state index contributed by atoms with van der Waals surface area (Å²) in [7, 11) is 0. The average molecular weight is 423 g/mol. The molecule has 2 aromatic rings. The molecule has 2 amide bonds. The van der Waals surface area contributed by atoms with Crippen LogP contribution in [0.25, 0.3) is 5.70 Å². The highest BCUT2D eigenvalue weighted by molar-refractivity contribution is 8.14. The van der Waals surface area contributed by atoms with Gasteiger partial charge in [0.2, 0.25) is 11.8 Å². The predicted molar refractivity (Wildman–Crippen MR) is 120 cm³/mol. The lowest BCUT2D eigenvalue weighted by atomic mass is 10.1. The first-order valence-corrected chi connectivity index (χ1v) is 11.0. The molecule has 4 rings (SSSR count). The molecule has 0 radical (unpaired) electrons. The monoisotopic (exact) mass is 422 g/mol. The van der Waals surface area contributed by atoms with E-state index in [9.17, 15) is 9.59 Å². The van der Waals surface area contributed by atoms with Gasteiger partial charge >= 0.3 is 0 Å². The van der Waals surface area contributed by atoms with Crippen molar-refractivity contribution in [3.63, 3.8) is 0 Å². The van der Waals surface area contributed by atoms with E-state index >= 15 is 0 Å². The van der Waals surface area contributed by atoms with Crippen LogP contribution in [-0.2, 0) is 9.59 Å². The minimum Gasteiger partial charge on any atom is -0.302 e. The molecule has 0 unspecified atom stereocenters. The summed E-state index contributed by atoms with van der Waals surface area (Å²) in [6.07, 6.45) is 0. The van der Waals surface area contributed by atoms with Gasteiger partial charge in [-0.25, -0.2) is 0 Å². The lowest BCUT2D eigenvalue weighted by molar-refractivity contribution is -0.130. The molecule has 0 atom stereocenters. The smallest absolute Gasteiger partial charge is 0.246 e. The number of amidine groups is 1. The minimum atomic E-state index is -0.295. The van der Waals surface area contributed by atoms with Gasteiger partial charge < -0.3 is 10.2 Å². The second-order valence-electron chi connectivity index (χ2n) is 6.31. The normalized spacial score (nSPS) is 16.6. The number of carbonyl (C=O) groups is 2. The van der Waals surface area contributed by atoms with Gasteiger partial charge in [-0.3, -0.25) is 9.59 Å². The average Bonchev–Trinajstić information content (AvgIpc) is 2.77. The van der Waals surface area contributed by atoms with Crippen LogP contribution in [0.1, 0.15) is 11.1 Å². The third-order valence-electron chi connectivity index (χ3n) is 4.33. The molecule has 0 aliphatic carbocycles. The summed E-state index contributed by atoms with van der Waals surface area (Å²) in [4.78, 5) is 26.5. The van der Waals surface area contributed by atoms with E-state index in [4.69, 9.17) is 0 Å². The van der Waals surface area contributed by atoms with Gasteiger partial charge in [0.15, 0.2) is 5.17 Å². The predicted octanol–water partition coefficient (Wildman–Crippen LogP) is 3.18. The Hall–Kier alpha value is -2.84. The van der Waals surface area contributed by atoms with Crippen molar-refractivity contribution in [1.82, 2.24) is 10.2 Å². The van der Waals surface area contributed by atoms with E-state index in [1.807, 2.05) is 66.1 Å². The summed E-state index contributed by atoms with van der Waals surface area (Å²) in [5.41, 5.74) is 3.53. The second-order valence-corrected chi connectivity index (χ2v) is 8.14. The number of hydrogen-bond acceptors (Lipinski definition) is 6. The molecule has 146 valence electrons. The first-order valence-electron chi connectivity index (χ1n) is 9.01. The summed E-state index contributed by atoms with van der Waals surface area (Å²) in [6, 6.07) is 19.4. The molecule has 2 aliphatic heterocycles. The lowest BCUT2D eigenvalue weighted by Gasteiger charge is -2.28. The van der Waals surface area contributed by atoms with E-state index in [1.165, 1.54) is 28.4 Å². The molecular formula is C21H18N4O2S2. The fraction of sp³-hybridized carbons (Fsp3) is 0.143. The number of hydrogen-bond donors (Lipinski definition) is 1. The van der Waals surface area contributed by atoms with Crippen LogP contribution < -0.4 is 5.32 Å². The van der Waals surface area contributed by atoms with Gasteiger partial charge in [0, 0.05) is 5.75 Å². The number of carbonyl (C=O) groups excluding carboxylic acids is 2. The Labute approximate surface area is 177 Å². The molecular weight excluding hydrogens is 404 g/mol. The molecule has 8 heteroatoms. The lowest BCUT2D eigenvalue weighted by Crippen LogP contribution is -2.43. The largest absolute Gasteiger partial charge is 0.302 e. The molecule has 0 fully saturated rings. The van der Waals surface area contributed by atoms with Gasteiger partial charge in [0.25, 0.3) is 0 Å². The molecule has 2 aromatic carbocycles. The van der Waals surface area contributed by atoms with Crippen molar-refractivity contribution in [1.29, 1.82) is 0 Å². The number of nitrogens with one attached hydrogen (secondary N) is 1. The highest BCUT2D eigenvalue weighted by Crippen LogP contribution is 2.27. The third kappa shape index (κ3) is 4.78. The Morgan fingerprint density at radius 1 is 0.966 bits per heavy atom. The Balaban J connectivity index is 1.43. The maximum atomic E-state index is 12.6. The molecule has 0 spiro atoms. The summed E-state index contributed by atoms with van der Waals surface area (Å²) in [6.45, 7) is -0.0606. The second kappa shape index (κ2) is 9.11. The highest BCUT2D eigenvalue weighted by Gasteiger charge is 2.26. The number of thioether (sulfide) groups is 2. The van der Waals surface area contributed by atoms with Gasteiger partial charge in [-0.2, -0.15) is 5.10 Å². The molecule has 2 aliphatic rings. The molecule has 0 bridgehead atoms. The van der Waals surface area contributed by atoms with Gasteiger partial charge in [0.1, 0.15) is 6.54 Å². The van der Waals surface area contributed by atoms with Crippen molar-refractivity contribution >= 4 is 51.9 Å². The van der Waals surface area contributed by atoms with E-state index in [1.54, 1.807) is 0 Å². The van der Waals surface area contributed by atoms with Gasteiger partial charge in [-0.05, 0) is 16.5 Å². The Bertz CT molecular complexity index is 1000. The molecule has 0 aromatic heterocycles. The molecule has 29 heavy (non-hydrogen) atoms. The quantitative estimate of drug-likeness (QED) is 0.821. The fourth-order valence-corrected chi connectivity index (χ4v) is 4.49. The summed E-state index contributed by atoms with van der Waals surface area (Å²) in [5, 5.41) is 13.5. The minimum absolute atomic E-state index is 0.0606. The van der Waals surface area contributed by atoms with Crippen molar-refractivity contribution in [2.45, 2.75) is 0 Å². The van der Waals surface area contributed by atoms with Crippen molar-refractivity contribution in [3.05, 3.63) is 77.2 Å². The van der Waals surface area contributed by atoms with E-state index in [-0.39, 0.29) is 18.4 Å². The van der Waals surface area contributed by atoms with E-state index in [0.717, 1.165) is 22.5 Å². The maximum Gasteiger partial charge on any atom is 0.246 e. The fourth-order valence-electron chi connectivity index (χ4n) is 2.91. The van der Waals surface area contributed by atoms with Crippen LogP contribution in [-0.4, -0.2) is 45.6 Å². The van der Waals surface area contributed by atoms with Crippen LogP contribution in [0.4, 0.5) is 0 Å². The maximum absolute atomic E-state index is 12.6. The van der Waals surface area contributed by atoms with Crippen LogP contribution >= 0.6 is 23.5 Å². The molecule has 0 saturated carbocycles. The van der Waals surface area contributed by atoms with Crippen molar-refractivity contribution in [2.24, 2.45) is 10.2 Å². The summed E-state index contributed by atoms with van der Waals surface area (Å²) < 4.78 is 0. The Morgan fingerprint density at radius 2 is 1.66 bits per heavy atom. The Kier molecular flexibility index (Phi) is 6.12. The van der Waals surface area contributed by atoms with Crippen LogP contribution in [0, 0.1) is 0 Å². The van der Waals surface area contributed by atoms with Crippen LogP contribution in [0.15, 0.2) is 76.3 Å². The van der Waals surface area contributed by atoms with Gasteiger partial charge in [-0.15, -0.1) is 16.9 Å². The van der Waals surface area contributed by atoms with Gasteiger partial charge in [-0.1, -0.05) is 72.4 Å². The summed E-state index contributed by atoms with van der Waals surface area (Å²) in [5.74, 6) is 0.563. The number of rotatable bonds is 4. The van der Waals surface area contributed by atoms with Crippen LogP contribution in [0.3, 0.4) is 0 Å². The third-order valence-corrected chi connectivity index (χ3v) is 6.00. The van der Waals surface area contributed by atoms with Crippen molar-refractivity contribution in [3.8, 4) is 0 Å². The number of nitrogens with zero attached hydrogens (tertiary/aromatic N) is 3. The standard InChI is InChI=1S/C21H18N4O2S2/c26-19(22-21-24-23-17(12-29-21)15-7-3-1-4-8-15)11-25-18(13-28-14-20(25)27)16-9-5-2-6-10-16/h1-10,13H,11-12,14H2,(H,22,24,26). The first kappa shape index (κ1) is 19.5. The van der Waals surface area contributed by atoms with Crippen LogP contribution in [0.2, 0.25) is 0 Å². The van der Waals surface area contributed by atoms with Crippen molar-refractivity contribution in [2.75, 3.05) is 18.1 Å². The zero-order chi connectivity index (χ0) is 20.1.